The van der Waals surface area contributed by atoms with Crippen molar-refractivity contribution in [2.24, 2.45) is 0 Å². The first kappa shape index (κ1) is 21.1. The first-order chi connectivity index (χ1) is 15.1. The maximum atomic E-state index is 12.8. The number of aliphatic hydroxyl groups is 1. The standard InChI is InChI=1S/C25H27N3O3/c1-2-3-4-6-18-8-10-20(11-9-18)25-21-15-27(16-24(31)28(21)22(25)17-29)23(30)13-19-7-5-12-26-14-19/h5,7-12,14,21-22,25,29H,2-3,13,15-17H2,1H3/t21-,22+,25-/m0/s1. The number of pyridine rings is 1. The molecule has 0 aliphatic carbocycles. The molecule has 2 fully saturated rings. The lowest BCUT2D eigenvalue weighted by Crippen LogP contribution is -2.73. The fourth-order valence-corrected chi connectivity index (χ4v) is 4.56. The van der Waals surface area contributed by atoms with Gasteiger partial charge in [-0.25, -0.2) is 0 Å². The van der Waals surface area contributed by atoms with Crippen LogP contribution in [0.25, 0.3) is 0 Å². The summed E-state index contributed by atoms with van der Waals surface area (Å²) in [6, 6.07) is 11.3. The van der Waals surface area contributed by atoms with E-state index in [0.29, 0.717) is 6.54 Å². The van der Waals surface area contributed by atoms with Crippen LogP contribution < -0.4 is 0 Å². The van der Waals surface area contributed by atoms with E-state index in [4.69, 9.17) is 0 Å². The molecule has 1 N–H and O–H groups in total. The van der Waals surface area contributed by atoms with Gasteiger partial charge >= 0.3 is 0 Å². The minimum Gasteiger partial charge on any atom is -0.394 e. The quantitative estimate of drug-likeness (QED) is 0.755. The molecule has 0 bridgehead atoms. The number of rotatable bonds is 5. The number of hydrogen-bond donors (Lipinski definition) is 1. The fourth-order valence-electron chi connectivity index (χ4n) is 4.56. The number of unbranched alkanes of at least 4 members (excludes halogenated alkanes) is 1. The van der Waals surface area contributed by atoms with Crippen LogP contribution in [0.15, 0.2) is 48.8 Å². The van der Waals surface area contributed by atoms with Gasteiger partial charge in [0.05, 0.1) is 31.7 Å². The maximum Gasteiger partial charge on any atom is 0.242 e. The molecular weight excluding hydrogens is 390 g/mol. The second-order valence-electron chi connectivity index (χ2n) is 8.13. The van der Waals surface area contributed by atoms with Gasteiger partial charge in [-0.05, 0) is 35.7 Å². The number of carbonyl (C=O) groups excluding carboxylic acids is 2. The van der Waals surface area contributed by atoms with Crippen molar-refractivity contribution < 1.29 is 14.7 Å². The number of nitrogens with zero attached hydrogens (tertiary/aromatic N) is 3. The number of amides is 2. The number of piperazine rings is 1. The molecule has 3 heterocycles. The predicted octanol–water partition coefficient (Wildman–Crippen LogP) is 1.97. The van der Waals surface area contributed by atoms with Crippen LogP contribution in [0.3, 0.4) is 0 Å². The molecule has 2 aliphatic rings. The Morgan fingerprint density at radius 1 is 1.26 bits per heavy atom. The van der Waals surface area contributed by atoms with E-state index in [2.05, 4.69) is 23.7 Å². The number of aromatic nitrogens is 1. The topological polar surface area (TPSA) is 73.7 Å². The summed E-state index contributed by atoms with van der Waals surface area (Å²) in [5.41, 5.74) is 2.86. The van der Waals surface area contributed by atoms with E-state index >= 15 is 0 Å². The third kappa shape index (κ3) is 4.33. The number of benzene rings is 1. The number of hydrogen-bond acceptors (Lipinski definition) is 4. The molecule has 1 aromatic carbocycles. The first-order valence-electron chi connectivity index (χ1n) is 10.8. The summed E-state index contributed by atoms with van der Waals surface area (Å²) < 4.78 is 0. The molecule has 2 aromatic rings. The van der Waals surface area contributed by atoms with Crippen molar-refractivity contribution in [3.8, 4) is 11.8 Å². The molecule has 31 heavy (non-hydrogen) atoms. The molecule has 6 heteroatoms. The SMILES string of the molecule is CCCC#Cc1ccc([C@@H]2[C@@H](CO)N3C(=O)CN(C(=O)Cc4cccnc4)C[C@@H]23)cc1. The number of aliphatic hydroxyl groups excluding tert-OH is 1. The Labute approximate surface area is 182 Å². The van der Waals surface area contributed by atoms with E-state index in [0.717, 1.165) is 29.5 Å². The Kier molecular flexibility index (Phi) is 6.34. The van der Waals surface area contributed by atoms with E-state index in [-0.39, 0.29) is 49.4 Å². The zero-order valence-corrected chi connectivity index (χ0v) is 17.7. The Hall–Kier alpha value is -3.17. The van der Waals surface area contributed by atoms with Crippen molar-refractivity contribution in [3.63, 3.8) is 0 Å². The molecule has 3 atom stereocenters. The van der Waals surface area contributed by atoms with Crippen LogP contribution in [-0.4, -0.2) is 63.5 Å². The number of carbonyl (C=O) groups is 2. The number of fused-ring (bicyclic) bond motifs is 1. The van der Waals surface area contributed by atoms with Crippen LogP contribution in [0.4, 0.5) is 0 Å². The van der Waals surface area contributed by atoms with Gasteiger partial charge in [-0.2, -0.15) is 0 Å². The van der Waals surface area contributed by atoms with E-state index < -0.39 is 0 Å². The zero-order chi connectivity index (χ0) is 21.8. The summed E-state index contributed by atoms with van der Waals surface area (Å²) in [6.45, 7) is 2.55. The summed E-state index contributed by atoms with van der Waals surface area (Å²) >= 11 is 0. The average molecular weight is 418 g/mol. The lowest BCUT2D eigenvalue weighted by atomic mass is 9.73. The summed E-state index contributed by atoms with van der Waals surface area (Å²) in [7, 11) is 0. The minimum absolute atomic E-state index is 0.000549. The Morgan fingerprint density at radius 2 is 2.06 bits per heavy atom. The molecule has 2 amide bonds. The molecule has 0 unspecified atom stereocenters. The monoisotopic (exact) mass is 417 g/mol. The molecule has 0 radical (unpaired) electrons. The van der Waals surface area contributed by atoms with Crippen molar-refractivity contribution in [3.05, 3.63) is 65.5 Å². The van der Waals surface area contributed by atoms with Gasteiger partial charge in [-0.15, -0.1) is 0 Å². The van der Waals surface area contributed by atoms with Crippen molar-refractivity contribution in [1.82, 2.24) is 14.8 Å². The van der Waals surface area contributed by atoms with Gasteiger partial charge < -0.3 is 14.9 Å². The van der Waals surface area contributed by atoms with Gasteiger partial charge in [0, 0.05) is 36.8 Å². The Balaban J connectivity index is 1.49. The fraction of sp³-hybridized carbons (Fsp3) is 0.400. The highest BCUT2D eigenvalue weighted by Gasteiger charge is 2.54. The Bertz CT molecular complexity index is 994. The molecular formula is C25H27N3O3. The van der Waals surface area contributed by atoms with Gasteiger partial charge in [0.25, 0.3) is 0 Å². The third-order valence-corrected chi connectivity index (χ3v) is 6.09. The van der Waals surface area contributed by atoms with Crippen molar-refractivity contribution in [2.75, 3.05) is 19.7 Å². The maximum absolute atomic E-state index is 12.8. The van der Waals surface area contributed by atoms with Crippen LogP contribution in [0, 0.1) is 11.8 Å². The molecule has 1 aromatic heterocycles. The van der Waals surface area contributed by atoms with Gasteiger partial charge in [0.2, 0.25) is 11.8 Å². The molecule has 2 aliphatic heterocycles. The summed E-state index contributed by atoms with van der Waals surface area (Å²) in [6.07, 6.45) is 5.48. The molecule has 160 valence electrons. The van der Waals surface area contributed by atoms with Gasteiger partial charge in [0.1, 0.15) is 0 Å². The summed E-state index contributed by atoms with van der Waals surface area (Å²) in [4.78, 5) is 33.0. The third-order valence-electron chi connectivity index (χ3n) is 6.09. The predicted molar refractivity (Wildman–Crippen MR) is 117 cm³/mol. The minimum atomic E-state index is -0.245. The second-order valence-corrected chi connectivity index (χ2v) is 8.13. The van der Waals surface area contributed by atoms with Crippen LogP contribution >= 0.6 is 0 Å². The molecule has 0 spiro atoms. The first-order valence-corrected chi connectivity index (χ1v) is 10.8. The van der Waals surface area contributed by atoms with Crippen LogP contribution in [-0.2, 0) is 16.0 Å². The molecule has 2 saturated heterocycles. The zero-order valence-electron chi connectivity index (χ0n) is 17.7. The van der Waals surface area contributed by atoms with Gasteiger partial charge in [-0.1, -0.05) is 37.0 Å². The van der Waals surface area contributed by atoms with E-state index in [1.807, 2.05) is 30.3 Å². The van der Waals surface area contributed by atoms with E-state index in [9.17, 15) is 14.7 Å². The highest BCUT2D eigenvalue weighted by Crippen LogP contribution is 2.42. The smallest absolute Gasteiger partial charge is 0.242 e. The van der Waals surface area contributed by atoms with Gasteiger partial charge in [-0.3, -0.25) is 14.6 Å². The van der Waals surface area contributed by atoms with Crippen LogP contribution in [0.5, 0.6) is 0 Å². The Morgan fingerprint density at radius 3 is 2.74 bits per heavy atom. The highest BCUT2D eigenvalue weighted by molar-refractivity contribution is 5.88. The van der Waals surface area contributed by atoms with Gasteiger partial charge in [0.15, 0.2) is 0 Å². The highest BCUT2D eigenvalue weighted by atomic mass is 16.3. The molecule has 0 saturated carbocycles. The second kappa shape index (κ2) is 9.32. The average Bonchev–Trinajstić information content (AvgIpc) is 2.77. The summed E-state index contributed by atoms with van der Waals surface area (Å²) in [5, 5.41) is 9.94. The lowest BCUT2D eigenvalue weighted by Gasteiger charge is -2.58. The molecule has 4 rings (SSSR count). The summed E-state index contributed by atoms with van der Waals surface area (Å²) in [5.74, 6) is 6.13. The van der Waals surface area contributed by atoms with Crippen molar-refractivity contribution >= 4 is 11.8 Å². The van der Waals surface area contributed by atoms with Crippen LogP contribution in [0.1, 0.15) is 42.4 Å². The van der Waals surface area contributed by atoms with Crippen LogP contribution in [0.2, 0.25) is 0 Å². The lowest BCUT2D eigenvalue weighted by molar-refractivity contribution is -0.166. The largest absolute Gasteiger partial charge is 0.394 e. The molecule has 6 nitrogen and oxygen atoms in total. The van der Waals surface area contributed by atoms with E-state index in [1.165, 1.54) is 0 Å². The normalized spacial score (nSPS) is 22.3. The van der Waals surface area contributed by atoms with Crippen molar-refractivity contribution in [1.29, 1.82) is 0 Å². The van der Waals surface area contributed by atoms with Crippen molar-refractivity contribution in [2.45, 2.75) is 44.2 Å². The van der Waals surface area contributed by atoms with E-state index in [1.54, 1.807) is 28.3 Å².